The minimum atomic E-state index is -0.678. The predicted molar refractivity (Wildman–Crippen MR) is 153 cm³/mol. The van der Waals surface area contributed by atoms with Crippen molar-refractivity contribution in [1.29, 1.82) is 0 Å². The number of hydrogen-bond donors (Lipinski definition) is 1. The van der Waals surface area contributed by atoms with Crippen molar-refractivity contribution in [3.8, 4) is 11.1 Å². The number of hydrogen-bond acceptors (Lipinski definition) is 6. The molecule has 2 amide bonds. The third kappa shape index (κ3) is 5.51. The number of rotatable bonds is 7. The average Bonchev–Trinajstić information content (AvgIpc) is 3.26. The maximum Gasteiger partial charge on any atom is 0.253 e. The zero-order valence-corrected chi connectivity index (χ0v) is 22.9. The van der Waals surface area contributed by atoms with Crippen LogP contribution < -0.4 is 5.32 Å². The smallest absolute Gasteiger partial charge is 0.253 e. The molecule has 0 atom stereocenters. The number of nitrogens with zero attached hydrogens (tertiary/aromatic N) is 4. The molecular formula is C30H33N5O2S. The van der Waals surface area contributed by atoms with E-state index in [4.69, 9.17) is 4.99 Å². The summed E-state index contributed by atoms with van der Waals surface area (Å²) in [6.45, 7) is 3.71. The van der Waals surface area contributed by atoms with Gasteiger partial charge in [-0.05, 0) is 67.1 Å². The van der Waals surface area contributed by atoms with Crippen LogP contribution in [0.2, 0.25) is 0 Å². The molecule has 38 heavy (non-hydrogen) atoms. The van der Waals surface area contributed by atoms with Crippen LogP contribution in [0.1, 0.15) is 39.9 Å². The van der Waals surface area contributed by atoms with Crippen LogP contribution in [0.4, 0.5) is 0 Å². The number of amidine groups is 1. The van der Waals surface area contributed by atoms with Crippen molar-refractivity contribution < 1.29 is 9.59 Å². The number of piperidine rings is 1. The van der Waals surface area contributed by atoms with Crippen molar-refractivity contribution in [3.05, 3.63) is 89.2 Å². The maximum atomic E-state index is 13.1. The van der Waals surface area contributed by atoms with Gasteiger partial charge in [0, 0.05) is 62.0 Å². The van der Waals surface area contributed by atoms with E-state index < -0.39 is 5.54 Å². The number of amides is 2. The highest BCUT2D eigenvalue weighted by Crippen LogP contribution is 2.34. The Bertz CT molecular complexity index is 1360. The fourth-order valence-corrected chi connectivity index (χ4v) is 6.02. The van der Waals surface area contributed by atoms with E-state index in [0.29, 0.717) is 18.7 Å². The molecule has 0 unspecified atom stereocenters. The van der Waals surface area contributed by atoms with Crippen molar-refractivity contribution in [2.75, 3.05) is 32.9 Å². The molecule has 2 aromatic carbocycles. The van der Waals surface area contributed by atoms with E-state index in [1.54, 1.807) is 25.2 Å². The quantitative estimate of drug-likeness (QED) is 0.462. The molecular weight excluding hydrogens is 494 g/mol. The van der Waals surface area contributed by atoms with Crippen LogP contribution in [0.15, 0.2) is 72.0 Å². The molecule has 196 valence electrons. The molecule has 3 heterocycles. The second kappa shape index (κ2) is 11.1. The standard InChI is InChI=1S/C30H33N5O2S/c1-21-18-25(28(36)34(2)3)10-9-22(21)11-17-38-35-15-12-30(13-16-35)29(37)32-27(33-30)24-7-4-6-23(19-24)26-8-5-14-31-20-26/h4-10,14,18-20H,11-13,15-17H2,1-3H3,(H,32,33,37). The lowest BCUT2D eigenvalue weighted by molar-refractivity contribution is -0.124. The minimum absolute atomic E-state index is 0.00640. The fourth-order valence-electron chi connectivity index (χ4n) is 5.01. The van der Waals surface area contributed by atoms with Gasteiger partial charge in [-0.3, -0.25) is 23.9 Å². The average molecular weight is 528 g/mol. The summed E-state index contributed by atoms with van der Waals surface area (Å²) in [5, 5.41) is 3.06. The van der Waals surface area contributed by atoms with Gasteiger partial charge < -0.3 is 10.2 Å². The zero-order valence-electron chi connectivity index (χ0n) is 22.1. The highest BCUT2D eigenvalue weighted by atomic mass is 32.2. The van der Waals surface area contributed by atoms with E-state index in [1.807, 2.05) is 60.6 Å². The van der Waals surface area contributed by atoms with Crippen molar-refractivity contribution in [2.24, 2.45) is 4.99 Å². The summed E-state index contributed by atoms with van der Waals surface area (Å²) in [6, 6.07) is 18.0. The molecule has 1 spiro atoms. The Morgan fingerprint density at radius 3 is 2.53 bits per heavy atom. The Labute approximate surface area is 228 Å². The number of pyridine rings is 1. The lowest BCUT2D eigenvalue weighted by Gasteiger charge is -2.34. The van der Waals surface area contributed by atoms with Gasteiger partial charge in [-0.25, -0.2) is 0 Å². The van der Waals surface area contributed by atoms with Gasteiger partial charge in [-0.2, -0.15) is 0 Å². The summed E-state index contributed by atoms with van der Waals surface area (Å²) < 4.78 is 2.36. The minimum Gasteiger partial charge on any atom is -0.345 e. The van der Waals surface area contributed by atoms with Crippen molar-refractivity contribution in [2.45, 2.75) is 31.7 Å². The van der Waals surface area contributed by atoms with E-state index in [0.717, 1.165) is 53.1 Å². The molecule has 0 radical (unpaired) electrons. The Kier molecular flexibility index (Phi) is 7.63. The molecule has 5 rings (SSSR count). The largest absolute Gasteiger partial charge is 0.345 e. The second-order valence-corrected chi connectivity index (χ2v) is 11.3. The predicted octanol–water partition coefficient (Wildman–Crippen LogP) is 4.36. The van der Waals surface area contributed by atoms with Gasteiger partial charge in [0.1, 0.15) is 11.4 Å². The first-order chi connectivity index (χ1) is 18.3. The van der Waals surface area contributed by atoms with E-state index in [2.05, 4.69) is 33.7 Å². The molecule has 1 aromatic heterocycles. The van der Waals surface area contributed by atoms with Crippen LogP contribution in [0.3, 0.4) is 0 Å². The molecule has 0 aliphatic carbocycles. The summed E-state index contributed by atoms with van der Waals surface area (Å²) >= 11 is 1.83. The second-order valence-electron chi connectivity index (χ2n) is 10.1. The maximum absolute atomic E-state index is 13.1. The summed E-state index contributed by atoms with van der Waals surface area (Å²) in [5.74, 6) is 1.65. The summed E-state index contributed by atoms with van der Waals surface area (Å²) in [4.78, 5) is 36.0. The van der Waals surface area contributed by atoms with Gasteiger partial charge in [0.05, 0.1) is 0 Å². The first-order valence-electron chi connectivity index (χ1n) is 13.0. The highest BCUT2D eigenvalue weighted by Gasteiger charge is 2.46. The normalized spacial score (nSPS) is 16.8. The van der Waals surface area contributed by atoms with E-state index >= 15 is 0 Å². The highest BCUT2D eigenvalue weighted by molar-refractivity contribution is 7.97. The first-order valence-corrected chi connectivity index (χ1v) is 13.9. The van der Waals surface area contributed by atoms with E-state index in [1.165, 1.54) is 5.56 Å². The van der Waals surface area contributed by atoms with Crippen LogP contribution in [-0.4, -0.2) is 70.3 Å². The van der Waals surface area contributed by atoms with Crippen LogP contribution in [0.5, 0.6) is 0 Å². The summed E-state index contributed by atoms with van der Waals surface area (Å²) in [5.41, 5.74) is 5.46. The monoisotopic (exact) mass is 527 g/mol. The first kappa shape index (κ1) is 26.1. The van der Waals surface area contributed by atoms with Gasteiger partial charge >= 0.3 is 0 Å². The number of aromatic nitrogens is 1. The SMILES string of the molecule is Cc1cc(C(=O)N(C)C)ccc1CCSN1CCC2(CC1)N=C(c1cccc(-c3cccnc3)c1)NC2=O. The third-order valence-corrected chi connectivity index (χ3v) is 8.42. The molecule has 0 bridgehead atoms. The molecule has 1 N–H and O–H groups in total. The van der Waals surface area contributed by atoms with Gasteiger partial charge in [-0.1, -0.05) is 42.3 Å². The van der Waals surface area contributed by atoms with Crippen molar-refractivity contribution >= 4 is 29.6 Å². The number of carbonyl (C=O) groups excluding carboxylic acids is 2. The Morgan fingerprint density at radius 1 is 1.05 bits per heavy atom. The summed E-state index contributed by atoms with van der Waals surface area (Å²) in [6.07, 6.45) is 5.95. The van der Waals surface area contributed by atoms with Crippen LogP contribution in [0, 0.1) is 6.92 Å². The molecule has 0 saturated carbocycles. The topological polar surface area (TPSA) is 77.9 Å². The van der Waals surface area contributed by atoms with Gasteiger partial charge in [0.2, 0.25) is 0 Å². The Hall–Kier alpha value is -3.49. The van der Waals surface area contributed by atoms with Crippen LogP contribution >= 0.6 is 11.9 Å². The molecule has 1 saturated heterocycles. The number of aryl methyl sites for hydroxylation is 2. The molecule has 2 aliphatic rings. The van der Waals surface area contributed by atoms with E-state index in [-0.39, 0.29) is 11.8 Å². The van der Waals surface area contributed by atoms with Crippen LogP contribution in [0.25, 0.3) is 11.1 Å². The van der Waals surface area contributed by atoms with Crippen LogP contribution in [-0.2, 0) is 11.2 Å². The lowest BCUT2D eigenvalue weighted by atomic mass is 9.89. The number of carbonyl (C=O) groups is 2. The van der Waals surface area contributed by atoms with Gasteiger partial charge in [0.25, 0.3) is 11.8 Å². The van der Waals surface area contributed by atoms with Crippen molar-refractivity contribution in [3.63, 3.8) is 0 Å². The zero-order chi connectivity index (χ0) is 26.7. The third-order valence-electron chi connectivity index (χ3n) is 7.30. The molecule has 2 aliphatic heterocycles. The lowest BCUT2D eigenvalue weighted by Crippen LogP contribution is -2.47. The Morgan fingerprint density at radius 2 is 1.82 bits per heavy atom. The summed E-state index contributed by atoms with van der Waals surface area (Å²) in [7, 11) is 3.54. The number of benzene rings is 2. The Balaban J connectivity index is 1.17. The molecule has 1 fully saturated rings. The number of aliphatic imine (C=N–C) groups is 1. The molecule has 8 heteroatoms. The van der Waals surface area contributed by atoms with Gasteiger partial charge in [0.15, 0.2) is 0 Å². The number of nitrogens with one attached hydrogen (secondary N) is 1. The fraction of sp³-hybridized carbons (Fsp3) is 0.333. The van der Waals surface area contributed by atoms with Gasteiger partial charge in [-0.15, -0.1) is 0 Å². The molecule has 7 nitrogen and oxygen atoms in total. The molecule has 3 aromatic rings. The van der Waals surface area contributed by atoms with Crippen molar-refractivity contribution in [1.82, 2.24) is 19.5 Å². The van der Waals surface area contributed by atoms with E-state index in [9.17, 15) is 9.59 Å².